The van der Waals surface area contributed by atoms with Gasteiger partial charge in [0.2, 0.25) is 0 Å². The summed E-state index contributed by atoms with van der Waals surface area (Å²) >= 11 is 0. The first kappa shape index (κ1) is 6.05. The number of carbonyl (C=O) groups is 1. The van der Waals surface area contributed by atoms with Crippen molar-refractivity contribution in [3.8, 4) is 6.07 Å². The summed E-state index contributed by atoms with van der Waals surface area (Å²) in [6.07, 6.45) is 0.304. The Hall–Kier alpha value is -1.08. The molecule has 0 bridgehead atoms. The summed E-state index contributed by atoms with van der Waals surface area (Å²) in [6.45, 7) is 0.375. The minimum Gasteiger partial charge on any atom is -0.478 e. The molecule has 1 N–H and O–H groups in total. The molecule has 4 heteroatoms. The highest BCUT2D eigenvalue weighted by Gasteiger charge is 2.46. The molecule has 0 radical (unpaired) electrons. The third-order valence-corrected chi connectivity index (χ3v) is 1.33. The lowest BCUT2D eigenvalue weighted by molar-refractivity contribution is -0.178. The number of aliphatic carboxylic acids is 1. The smallest absolute Gasteiger partial charge is 0.351 e. The molecule has 1 fully saturated rings. The summed E-state index contributed by atoms with van der Waals surface area (Å²) in [5, 5.41) is 16.6. The monoisotopic (exact) mass is 127 g/mol. The standard InChI is InChI=1S/C5H5NO3/c6-3-5(4(7)8)1-2-9-5/h1-2H2,(H,7,8). The van der Waals surface area contributed by atoms with E-state index >= 15 is 0 Å². The van der Waals surface area contributed by atoms with Gasteiger partial charge in [-0.15, -0.1) is 0 Å². The number of ether oxygens (including phenoxy) is 1. The first-order valence-corrected chi connectivity index (χ1v) is 2.50. The van der Waals surface area contributed by atoms with Crippen LogP contribution in [0.5, 0.6) is 0 Å². The van der Waals surface area contributed by atoms with Crippen molar-refractivity contribution in [3.63, 3.8) is 0 Å². The van der Waals surface area contributed by atoms with Gasteiger partial charge < -0.3 is 9.84 Å². The number of hydrogen-bond acceptors (Lipinski definition) is 3. The Labute approximate surface area is 51.7 Å². The zero-order chi connectivity index (χ0) is 6.91. The minimum atomic E-state index is -1.51. The maximum atomic E-state index is 10.2. The van der Waals surface area contributed by atoms with E-state index in [1.807, 2.05) is 0 Å². The Kier molecular flexibility index (Phi) is 1.15. The van der Waals surface area contributed by atoms with Gasteiger partial charge >= 0.3 is 5.97 Å². The number of nitrogens with zero attached hydrogens (tertiary/aromatic N) is 1. The van der Waals surface area contributed by atoms with Crippen LogP contribution in [-0.2, 0) is 9.53 Å². The van der Waals surface area contributed by atoms with E-state index in [0.29, 0.717) is 13.0 Å². The van der Waals surface area contributed by atoms with Gasteiger partial charge in [-0.3, -0.25) is 0 Å². The Morgan fingerprint density at radius 2 is 2.44 bits per heavy atom. The van der Waals surface area contributed by atoms with Crippen molar-refractivity contribution >= 4 is 5.97 Å². The largest absolute Gasteiger partial charge is 0.478 e. The molecule has 1 heterocycles. The Morgan fingerprint density at radius 1 is 1.89 bits per heavy atom. The lowest BCUT2D eigenvalue weighted by atomic mass is 9.97. The van der Waals surface area contributed by atoms with Crippen LogP contribution in [0.25, 0.3) is 0 Å². The highest BCUT2D eigenvalue weighted by atomic mass is 16.5. The maximum absolute atomic E-state index is 10.2. The van der Waals surface area contributed by atoms with Crippen LogP contribution in [0.2, 0.25) is 0 Å². The fraction of sp³-hybridized carbons (Fsp3) is 0.600. The van der Waals surface area contributed by atoms with Crippen molar-refractivity contribution in [3.05, 3.63) is 0 Å². The maximum Gasteiger partial charge on any atom is 0.351 e. The molecule has 1 unspecified atom stereocenters. The molecular formula is C5H5NO3. The van der Waals surface area contributed by atoms with Crippen LogP contribution in [0.1, 0.15) is 6.42 Å². The van der Waals surface area contributed by atoms with Crippen LogP contribution in [0.15, 0.2) is 0 Å². The summed E-state index contributed by atoms with van der Waals surface area (Å²) in [7, 11) is 0. The molecule has 1 aliphatic rings. The van der Waals surface area contributed by atoms with Crippen LogP contribution in [0, 0.1) is 11.3 Å². The molecule has 0 spiro atoms. The fourth-order valence-electron chi connectivity index (χ4n) is 0.611. The lowest BCUT2D eigenvalue weighted by Crippen LogP contribution is -2.49. The average Bonchev–Trinajstić information content (AvgIpc) is 1.62. The molecule has 4 nitrogen and oxygen atoms in total. The zero-order valence-electron chi connectivity index (χ0n) is 4.63. The van der Waals surface area contributed by atoms with E-state index in [9.17, 15) is 4.79 Å². The molecule has 0 aromatic heterocycles. The highest BCUT2D eigenvalue weighted by Crippen LogP contribution is 2.25. The molecule has 1 rings (SSSR count). The van der Waals surface area contributed by atoms with Crippen LogP contribution in [0.4, 0.5) is 0 Å². The van der Waals surface area contributed by atoms with Crippen LogP contribution in [0.3, 0.4) is 0 Å². The van der Waals surface area contributed by atoms with Gasteiger partial charge in [0.05, 0.1) is 6.61 Å². The summed E-state index contributed by atoms with van der Waals surface area (Å²) in [6, 6.07) is 1.59. The van der Waals surface area contributed by atoms with E-state index in [4.69, 9.17) is 10.4 Å². The van der Waals surface area contributed by atoms with Gasteiger partial charge in [0.1, 0.15) is 6.07 Å². The van der Waals surface area contributed by atoms with Crippen molar-refractivity contribution in [1.82, 2.24) is 0 Å². The lowest BCUT2D eigenvalue weighted by Gasteiger charge is -2.30. The quantitative estimate of drug-likeness (QED) is 0.527. The van der Waals surface area contributed by atoms with Crippen molar-refractivity contribution in [2.45, 2.75) is 12.0 Å². The average molecular weight is 127 g/mol. The minimum absolute atomic E-state index is 0.304. The van der Waals surface area contributed by atoms with Crippen molar-refractivity contribution < 1.29 is 14.6 Å². The predicted molar refractivity (Wildman–Crippen MR) is 26.5 cm³/mol. The molecule has 1 aliphatic heterocycles. The second-order valence-corrected chi connectivity index (χ2v) is 1.84. The molecule has 0 saturated carbocycles. The molecule has 0 aromatic carbocycles. The van der Waals surface area contributed by atoms with E-state index in [1.165, 1.54) is 0 Å². The van der Waals surface area contributed by atoms with Gasteiger partial charge in [0.15, 0.2) is 0 Å². The third-order valence-electron chi connectivity index (χ3n) is 1.33. The van der Waals surface area contributed by atoms with Gasteiger partial charge in [0, 0.05) is 6.42 Å². The molecule has 0 aromatic rings. The molecule has 1 saturated heterocycles. The zero-order valence-corrected chi connectivity index (χ0v) is 4.63. The van der Waals surface area contributed by atoms with Crippen molar-refractivity contribution in [2.75, 3.05) is 6.61 Å². The highest BCUT2D eigenvalue weighted by molar-refractivity contribution is 5.82. The van der Waals surface area contributed by atoms with Crippen molar-refractivity contribution in [2.24, 2.45) is 0 Å². The van der Waals surface area contributed by atoms with E-state index in [2.05, 4.69) is 4.74 Å². The number of rotatable bonds is 1. The molecule has 0 aliphatic carbocycles. The van der Waals surface area contributed by atoms with Gasteiger partial charge in [-0.2, -0.15) is 5.26 Å². The van der Waals surface area contributed by atoms with Crippen LogP contribution >= 0.6 is 0 Å². The molecule has 0 amide bonds. The normalized spacial score (nSPS) is 32.3. The molecular weight excluding hydrogens is 122 g/mol. The summed E-state index contributed by atoms with van der Waals surface area (Å²) in [5.74, 6) is -1.18. The van der Waals surface area contributed by atoms with Gasteiger partial charge in [-0.05, 0) is 0 Å². The Bertz CT molecular complexity index is 177. The Balaban J connectivity index is 2.71. The van der Waals surface area contributed by atoms with E-state index in [1.54, 1.807) is 6.07 Å². The fourth-order valence-corrected chi connectivity index (χ4v) is 0.611. The molecule has 1 atom stereocenters. The van der Waals surface area contributed by atoms with Gasteiger partial charge in [0.25, 0.3) is 5.60 Å². The SMILES string of the molecule is N#CC1(C(=O)O)CCO1. The van der Waals surface area contributed by atoms with Crippen LogP contribution < -0.4 is 0 Å². The van der Waals surface area contributed by atoms with E-state index in [0.717, 1.165) is 0 Å². The van der Waals surface area contributed by atoms with Crippen molar-refractivity contribution in [1.29, 1.82) is 5.26 Å². The summed E-state index contributed by atoms with van der Waals surface area (Å²) < 4.78 is 4.57. The first-order valence-electron chi connectivity index (χ1n) is 2.50. The number of nitriles is 1. The topological polar surface area (TPSA) is 70.3 Å². The van der Waals surface area contributed by atoms with Crippen LogP contribution in [-0.4, -0.2) is 23.3 Å². The second kappa shape index (κ2) is 1.71. The molecule has 48 valence electrons. The van der Waals surface area contributed by atoms with E-state index < -0.39 is 11.6 Å². The number of carboxylic acids is 1. The predicted octanol–water partition coefficient (Wildman–Crippen LogP) is -0.246. The first-order chi connectivity index (χ1) is 4.21. The summed E-state index contributed by atoms with van der Waals surface area (Å²) in [5.41, 5.74) is -1.51. The summed E-state index contributed by atoms with van der Waals surface area (Å²) in [4.78, 5) is 10.2. The molecule has 9 heavy (non-hydrogen) atoms. The second-order valence-electron chi connectivity index (χ2n) is 1.84. The van der Waals surface area contributed by atoms with Gasteiger partial charge in [-0.1, -0.05) is 0 Å². The third kappa shape index (κ3) is 0.661. The van der Waals surface area contributed by atoms with Gasteiger partial charge in [-0.25, -0.2) is 4.79 Å². The number of hydrogen-bond donors (Lipinski definition) is 1. The van der Waals surface area contributed by atoms with E-state index in [-0.39, 0.29) is 0 Å². The number of carboxylic acid groups (broad SMARTS) is 1. The Morgan fingerprint density at radius 3 is 2.44 bits per heavy atom.